The molecule has 5 rings (SSSR count). The highest BCUT2D eigenvalue weighted by atomic mass is 16.7. The van der Waals surface area contributed by atoms with Gasteiger partial charge in [0.25, 0.3) is 0 Å². The number of aliphatic hydroxyl groups is 3. The molecule has 3 N–H and O–H groups in total. The van der Waals surface area contributed by atoms with Crippen LogP contribution in [0.15, 0.2) is 47.1 Å². The molecule has 1 spiro atoms. The summed E-state index contributed by atoms with van der Waals surface area (Å²) in [6.45, 7) is 12.1. The second-order valence-corrected chi connectivity index (χ2v) is 13.9. The van der Waals surface area contributed by atoms with Gasteiger partial charge in [-0.05, 0) is 42.9 Å². The molecule has 4 aliphatic heterocycles. The van der Waals surface area contributed by atoms with Crippen molar-refractivity contribution in [2.45, 2.75) is 128 Å². The van der Waals surface area contributed by atoms with Gasteiger partial charge in [-0.15, -0.1) is 0 Å². The summed E-state index contributed by atoms with van der Waals surface area (Å²) >= 11 is 0. The molecule has 9 nitrogen and oxygen atoms in total. The van der Waals surface area contributed by atoms with E-state index in [0.29, 0.717) is 18.4 Å². The number of fused-ring (bicyclic) bond motifs is 2. The van der Waals surface area contributed by atoms with E-state index in [1.807, 2.05) is 45.9 Å². The highest BCUT2D eigenvalue weighted by molar-refractivity contribution is 5.78. The van der Waals surface area contributed by atoms with Gasteiger partial charge in [0.15, 0.2) is 5.79 Å². The van der Waals surface area contributed by atoms with Gasteiger partial charge in [0, 0.05) is 38.2 Å². The van der Waals surface area contributed by atoms with E-state index in [1.165, 1.54) is 0 Å². The Labute approximate surface area is 261 Å². The maximum Gasteiger partial charge on any atom is 0.316 e. The number of carbonyl (C=O) groups is 1. The first-order valence-electron chi connectivity index (χ1n) is 16.3. The fourth-order valence-electron chi connectivity index (χ4n) is 7.86. The number of methoxy groups -OCH3 is 1. The van der Waals surface area contributed by atoms with Gasteiger partial charge < -0.3 is 39.0 Å². The van der Waals surface area contributed by atoms with Crippen molar-refractivity contribution in [3.8, 4) is 0 Å². The highest BCUT2D eigenvalue weighted by Crippen LogP contribution is 2.48. The first-order valence-corrected chi connectivity index (χ1v) is 16.3. The second-order valence-electron chi connectivity index (χ2n) is 13.9. The number of hydrogen-bond acceptors (Lipinski definition) is 9. The van der Waals surface area contributed by atoms with Crippen molar-refractivity contribution in [1.29, 1.82) is 0 Å². The molecule has 1 aliphatic carbocycles. The molecule has 0 aromatic rings. The third-order valence-corrected chi connectivity index (χ3v) is 10.8. The minimum Gasteiger partial charge on any atom is -0.462 e. The summed E-state index contributed by atoms with van der Waals surface area (Å²) in [7, 11) is 1.57. The molecule has 4 heterocycles. The van der Waals surface area contributed by atoms with Gasteiger partial charge in [-0.2, -0.15) is 0 Å². The zero-order valence-electron chi connectivity index (χ0n) is 27.3. The minimum atomic E-state index is -1.67. The van der Waals surface area contributed by atoms with Crippen molar-refractivity contribution in [1.82, 2.24) is 0 Å². The molecule has 3 saturated heterocycles. The standard InChI is InChI=1S/C35H52O9/c1-8-19(2)30-23(6)28(36)17-34(44-30)16-26-15-25(43-34)13-12-21(4)29(37)20(3)10-9-11-24-18-41-32-31(40-7)22(5)14-27(33(38)42-26)35(24,32)39/h9-12,14,19-20,23,25-32,36-37,39H,8,13,15-18H2,1-7H3/b10-9+,21-12+,24-11+/t19-,20-,23-,25+,26-,27-,28-,29-,30+,31+,32+,34-,35+/m0/s1. The Morgan fingerprint density at radius 1 is 1.11 bits per heavy atom. The topological polar surface area (TPSA) is 124 Å². The van der Waals surface area contributed by atoms with E-state index in [0.717, 1.165) is 17.6 Å². The van der Waals surface area contributed by atoms with E-state index >= 15 is 0 Å². The normalized spacial score (nSPS) is 48.7. The Morgan fingerprint density at radius 3 is 2.57 bits per heavy atom. The van der Waals surface area contributed by atoms with Crippen molar-refractivity contribution < 1.29 is 43.8 Å². The van der Waals surface area contributed by atoms with Crippen molar-refractivity contribution in [2.24, 2.45) is 23.7 Å². The molecular weight excluding hydrogens is 564 g/mol. The van der Waals surface area contributed by atoms with E-state index in [2.05, 4.69) is 13.8 Å². The van der Waals surface area contributed by atoms with Gasteiger partial charge in [-0.3, -0.25) is 4.79 Å². The van der Waals surface area contributed by atoms with Crippen LogP contribution in [0, 0.1) is 23.7 Å². The largest absolute Gasteiger partial charge is 0.462 e. The highest BCUT2D eigenvalue weighted by Gasteiger charge is 2.60. The van der Waals surface area contributed by atoms with Crippen molar-refractivity contribution in [2.75, 3.05) is 13.7 Å². The summed E-state index contributed by atoms with van der Waals surface area (Å²) in [6, 6.07) is 0. The molecule has 0 saturated carbocycles. The van der Waals surface area contributed by atoms with Crippen molar-refractivity contribution in [3.63, 3.8) is 0 Å². The average Bonchev–Trinajstić information content (AvgIpc) is 3.32. The van der Waals surface area contributed by atoms with Crippen LogP contribution in [0.3, 0.4) is 0 Å². The fourth-order valence-corrected chi connectivity index (χ4v) is 7.86. The first-order chi connectivity index (χ1) is 20.8. The van der Waals surface area contributed by atoms with E-state index < -0.39 is 53.8 Å². The van der Waals surface area contributed by atoms with Gasteiger partial charge in [-0.1, -0.05) is 64.5 Å². The SMILES string of the molecule is CC[C@H](C)[C@H]1O[C@@]2(C[C@@H]3C[C@@H](C/C=C(\C)[C@@H](O)[C@@H](C)/C=C/C=C4\CO[C@@H]5[C@H](OC)C(C)=C[C@@H](C(=O)O3)[C@]45O)O2)C[C@H](O)[C@@H]1C. The van der Waals surface area contributed by atoms with Crippen molar-refractivity contribution >= 4 is 5.97 Å². The van der Waals surface area contributed by atoms with Gasteiger partial charge in [0.2, 0.25) is 0 Å². The van der Waals surface area contributed by atoms with Crippen LogP contribution in [-0.4, -0.2) is 89.1 Å². The van der Waals surface area contributed by atoms with Gasteiger partial charge in [0.05, 0.1) is 31.0 Å². The Bertz CT molecular complexity index is 1190. The van der Waals surface area contributed by atoms with Gasteiger partial charge in [0.1, 0.15) is 29.8 Å². The summed E-state index contributed by atoms with van der Waals surface area (Å²) in [6.07, 6.45) is 7.72. The first kappa shape index (κ1) is 33.5. The zero-order valence-corrected chi connectivity index (χ0v) is 27.3. The molecule has 5 aliphatic rings. The summed E-state index contributed by atoms with van der Waals surface area (Å²) < 4.78 is 31.5. The third kappa shape index (κ3) is 6.14. The van der Waals surface area contributed by atoms with Crippen LogP contribution in [0.4, 0.5) is 0 Å². The van der Waals surface area contributed by atoms with E-state index in [9.17, 15) is 20.1 Å². The van der Waals surface area contributed by atoms with Gasteiger partial charge in [-0.25, -0.2) is 0 Å². The van der Waals surface area contributed by atoms with Crippen molar-refractivity contribution in [3.05, 3.63) is 47.1 Å². The predicted molar refractivity (Wildman–Crippen MR) is 164 cm³/mol. The fraction of sp³-hybridized carbons (Fsp3) is 0.743. The summed E-state index contributed by atoms with van der Waals surface area (Å²) in [5, 5.41) is 34.6. The Balaban J connectivity index is 1.55. The van der Waals surface area contributed by atoms with E-state index in [-0.39, 0.29) is 49.4 Å². The number of esters is 1. The molecule has 0 radical (unpaired) electrons. The second kappa shape index (κ2) is 13.1. The summed E-state index contributed by atoms with van der Waals surface area (Å²) in [5.41, 5.74) is 0.483. The number of ether oxygens (including phenoxy) is 5. The quantitative estimate of drug-likeness (QED) is 0.317. The molecule has 0 aromatic carbocycles. The van der Waals surface area contributed by atoms with Crippen LogP contribution in [0.1, 0.15) is 73.6 Å². The molecule has 246 valence electrons. The number of rotatable bonds is 3. The number of allylic oxidation sites excluding steroid dienone is 2. The smallest absolute Gasteiger partial charge is 0.316 e. The predicted octanol–water partition coefficient (Wildman–Crippen LogP) is 4.16. The van der Waals surface area contributed by atoms with Crippen LogP contribution in [0.25, 0.3) is 0 Å². The number of carbonyl (C=O) groups excluding carboxylic acids is 1. The molecule has 9 heteroatoms. The number of aliphatic hydroxyl groups excluding tert-OH is 2. The zero-order chi connectivity index (χ0) is 32.0. The van der Waals surface area contributed by atoms with Crippen LogP contribution in [0.2, 0.25) is 0 Å². The molecule has 0 amide bonds. The molecule has 2 bridgehead atoms. The lowest BCUT2D eigenvalue weighted by Gasteiger charge is -2.52. The van der Waals surface area contributed by atoms with Crippen LogP contribution < -0.4 is 0 Å². The van der Waals surface area contributed by atoms with E-state index in [1.54, 1.807) is 19.3 Å². The van der Waals surface area contributed by atoms with Crippen LogP contribution in [-0.2, 0) is 28.5 Å². The molecule has 44 heavy (non-hydrogen) atoms. The van der Waals surface area contributed by atoms with Crippen LogP contribution in [0.5, 0.6) is 0 Å². The number of hydrogen-bond donors (Lipinski definition) is 3. The van der Waals surface area contributed by atoms with Crippen LogP contribution >= 0.6 is 0 Å². The maximum atomic E-state index is 14.1. The monoisotopic (exact) mass is 616 g/mol. The summed E-state index contributed by atoms with van der Waals surface area (Å²) in [5.74, 6) is -2.76. The molecule has 0 unspecified atom stereocenters. The van der Waals surface area contributed by atoms with E-state index in [4.69, 9.17) is 23.7 Å². The Morgan fingerprint density at radius 2 is 1.86 bits per heavy atom. The lowest BCUT2D eigenvalue weighted by molar-refractivity contribution is -0.354. The lowest BCUT2D eigenvalue weighted by Crippen LogP contribution is -2.60. The molecule has 3 fully saturated rings. The molecular formula is C35H52O9. The lowest BCUT2D eigenvalue weighted by atomic mass is 9.70. The minimum absolute atomic E-state index is 0.0687. The Kier molecular flexibility index (Phi) is 9.98. The molecule has 13 atom stereocenters. The average molecular weight is 617 g/mol. The van der Waals surface area contributed by atoms with Gasteiger partial charge >= 0.3 is 5.97 Å². The summed E-state index contributed by atoms with van der Waals surface area (Å²) in [4.78, 5) is 14.1. The molecule has 0 aromatic heterocycles. The maximum absolute atomic E-state index is 14.1. The third-order valence-electron chi connectivity index (χ3n) is 10.8. The Hall–Kier alpha value is -1.85.